The van der Waals surface area contributed by atoms with Gasteiger partial charge in [-0.1, -0.05) is 263 Å². The first-order chi connectivity index (χ1) is 31.4. The second-order valence-corrected chi connectivity index (χ2v) is 12.8. The molecule has 0 fully saturated rings. The van der Waals surface area contributed by atoms with Gasteiger partial charge in [0.2, 0.25) is 0 Å². The molecule has 0 spiro atoms. The van der Waals surface area contributed by atoms with Gasteiger partial charge in [-0.15, -0.1) is 0 Å². The van der Waals surface area contributed by atoms with Gasteiger partial charge in [0.25, 0.3) is 0 Å². The average Bonchev–Trinajstić information content (AvgIpc) is 3.39. The van der Waals surface area contributed by atoms with E-state index in [1.807, 2.05) is 144 Å². The van der Waals surface area contributed by atoms with Crippen molar-refractivity contribution in [1.82, 2.24) is 29.9 Å². The molecule has 6 aromatic carbocycles. The fraction of sp³-hybridized carbons (Fsp3) is 0.276. The second kappa shape index (κ2) is 32.1. The van der Waals surface area contributed by atoms with E-state index >= 15 is 0 Å². The lowest BCUT2D eigenvalue weighted by atomic mass is 10.1. The molecule has 0 radical (unpaired) electrons. The molecule has 8 rings (SSSR count). The van der Waals surface area contributed by atoms with Gasteiger partial charge in [-0.05, 0) is 27.7 Å². The molecule has 8 aromatic rings. The third-order valence-corrected chi connectivity index (χ3v) is 8.57. The molecule has 0 aliphatic rings. The van der Waals surface area contributed by atoms with Gasteiger partial charge in [0.1, 0.15) is 0 Å². The average molecular weight is 855 g/mol. The van der Waals surface area contributed by atoms with E-state index in [9.17, 15) is 0 Å². The van der Waals surface area contributed by atoms with Gasteiger partial charge in [-0.25, -0.2) is 29.9 Å². The molecule has 0 atom stereocenters. The SMILES string of the molecule is CC.CC.CC.CC.CC.CC.Cc1ccc(-c2nc(-c3ccccc3)nc(-c3ccc(C)cc3)n2)cc1.Cc1ccc(-c2nc(-c3ccccc3)nc(-c3ccc(C)cc3)n2)cc1. The number of hydrogen-bond acceptors (Lipinski definition) is 6. The van der Waals surface area contributed by atoms with E-state index in [2.05, 4.69) is 125 Å². The summed E-state index contributed by atoms with van der Waals surface area (Å²) in [7, 11) is 0. The van der Waals surface area contributed by atoms with Crippen molar-refractivity contribution < 1.29 is 0 Å². The summed E-state index contributed by atoms with van der Waals surface area (Å²) in [6.07, 6.45) is 0. The van der Waals surface area contributed by atoms with E-state index in [4.69, 9.17) is 29.9 Å². The number of rotatable bonds is 6. The van der Waals surface area contributed by atoms with Gasteiger partial charge < -0.3 is 0 Å². The minimum absolute atomic E-state index is 0.687. The van der Waals surface area contributed by atoms with Crippen LogP contribution in [0.15, 0.2) is 158 Å². The number of benzene rings is 6. The maximum absolute atomic E-state index is 4.74. The Morgan fingerprint density at radius 3 is 0.484 bits per heavy atom. The topological polar surface area (TPSA) is 77.3 Å². The van der Waals surface area contributed by atoms with Crippen molar-refractivity contribution in [1.29, 1.82) is 0 Å². The molecular formula is C58H74N6. The van der Waals surface area contributed by atoms with E-state index in [0.717, 1.165) is 33.4 Å². The Morgan fingerprint density at radius 1 is 0.188 bits per heavy atom. The van der Waals surface area contributed by atoms with E-state index in [-0.39, 0.29) is 0 Å². The summed E-state index contributed by atoms with van der Waals surface area (Å²) in [4.78, 5) is 28.4. The van der Waals surface area contributed by atoms with Gasteiger partial charge in [0.15, 0.2) is 34.9 Å². The Kier molecular flexibility index (Phi) is 27.7. The lowest BCUT2D eigenvalue weighted by Crippen LogP contribution is -2.00. The highest BCUT2D eigenvalue weighted by Crippen LogP contribution is 2.27. The van der Waals surface area contributed by atoms with Crippen LogP contribution in [-0.4, -0.2) is 29.9 Å². The number of aromatic nitrogens is 6. The molecule has 0 saturated heterocycles. The van der Waals surface area contributed by atoms with Crippen LogP contribution in [0.5, 0.6) is 0 Å². The number of hydrogen-bond donors (Lipinski definition) is 0. The minimum Gasteiger partial charge on any atom is -0.208 e. The van der Waals surface area contributed by atoms with Crippen molar-refractivity contribution in [2.75, 3.05) is 0 Å². The van der Waals surface area contributed by atoms with Crippen LogP contribution in [0.2, 0.25) is 0 Å². The smallest absolute Gasteiger partial charge is 0.164 e. The van der Waals surface area contributed by atoms with Crippen molar-refractivity contribution in [2.24, 2.45) is 0 Å². The summed E-state index contributed by atoms with van der Waals surface area (Å²) < 4.78 is 0. The van der Waals surface area contributed by atoms with Crippen molar-refractivity contribution in [3.63, 3.8) is 0 Å². The fourth-order valence-electron chi connectivity index (χ4n) is 5.51. The van der Waals surface area contributed by atoms with Gasteiger partial charge in [-0.2, -0.15) is 0 Å². The third-order valence-electron chi connectivity index (χ3n) is 8.57. The van der Waals surface area contributed by atoms with E-state index in [1.165, 1.54) is 22.3 Å². The van der Waals surface area contributed by atoms with Gasteiger partial charge in [0.05, 0.1) is 0 Å². The van der Waals surface area contributed by atoms with Crippen LogP contribution in [0.4, 0.5) is 0 Å². The van der Waals surface area contributed by atoms with E-state index in [0.29, 0.717) is 34.9 Å². The predicted molar refractivity (Wildman–Crippen MR) is 279 cm³/mol. The first kappa shape index (κ1) is 55.4. The Labute approximate surface area is 387 Å². The Hall–Kier alpha value is -6.66. The van der Waals surface area contributed by atoms with Crippen LogP contribution in [0.1, 0.15) is 105 Å². The minimum atomic E-state index is 0.687. The molecule has 0 aliphatic heterocycles. The van der Waals surface area contributed by atoms with Crippen molar-refractivity contribution in [3.8, 4) is 68.3 Å². The summed E-state index contributed by atoms with van der Waals surface area (Å²) >= 11 is 0. The Bertz CT molecular complexity index is 2090. The van der Waals surface area contributed by atoms with Gasteiger partial charge in [-0.3, -0.25) is 0 Å². The number of aryl methyl sites for hydroxylation is 4. The normalized spacial score (nSPS) is 9.25. The van der Waals surface area contributed by atoms with E-state index in [1.54, 1.807) is 0 Å². The maximum Gasteiger partial charge on any atom is 0.164 e. The molecule has 6 heteroatoms. The molecule has 6 nitrogen and oxygen atoms in total. The fourth-order valence-corrected chi connectivity index (χ4v) is 5.51. The van der Waals surface area contributed by atoms with Crippen LogP contribution < -0.4 is 0 Å². The highest BCUT2D eigenvalue weighted by molar-refractivity contribution is 5.68. The van der Waals surface area contributed by atoms with Crippen LogP contribution in [0.25, 0.3) is 68.3 Å². The van der Waals surface area contributed by atoms with Crippen LogP contribution in [-0.2, 0) is 0 Å². The maximum atomic E-state index is 4.74. The highest BCUT2D eigenvalue weighted by Gasteiger charge is 2.13. The molecule has 0 amide bonds. The summed E-state index contributed by atoms with van der Waals surface area (Å²) in [5, 5.41) is 0. The van der Waals surface area contributed by atoms with E-state index < -0.39 is 0 Å². The first-order valence-corrected chi connectivity index (χ1v) is 23.3. The molecule has 64 heavy (non-hydrogen) atoms. The molecule has 2 heterocycles. The molecule has 336 valence electrons. The summed E-state index contributed by atoms with van der Waals surface area (Å²) in [6.45, 7) is 32.3. The summed E-state index contributed by atoms with van der Waals surface area (Å²) in [5.74, 6) is 4.13. The summed E-state index contributed by atoms with van der Waals surface area (Å²) in [5.41, 5.74) is 10.8. The molecular weight excluding hydrogens is 781 g/mol. The van der Waals surface area contributed by atoms with Gasteiger partial charge >= 0.3 is 0 Å². The van der Waals surface area contributed by atoms with Crippen LogP contribution in [0, 0.1) is 27.7 Å². The predicted octanol–water partition coefficient (Wildman–Crippen LogP) is 17.1. The highest BCUT2D eigenvalue weighted by atomic mass is 15.0. The van der Waals surface area contributed by atoms with Gasteiger partial charge in [0, 0.05) is 33.4 Å². The van der Waals surface area contributed by atoms with Crippen LogP contribution in [0.3, 0.4) is 0 Å². The zero-order valence-electron chi connectivity index (χ0n) is 41.7. The number of nitrogens with zero attached hydrogens (tertiary/aromatic N) is 6. The molecule has 2 aromatic heterocycles. The zero-order chi connectivity index (χ0) is 47.9. The summed E-state index contributed by atoms with van der Waals surface area (Å²) in [6, 6.07) is 53.1. The molecule has 0 saturated carbocycles. The molecule has 0 aliphatic carbocycles. The molecule has 0 unspecified atom stereocenters. The Morgan fingerprint density at radius 2 is 0.328 bits per heavy atom. The molecule has 0 bridgehead atoms. The van der Waals surface area contributed by atoms with Crippen molar-refractivity contribution in [3.05, 3.63) is 180 Å². The monoisotopic (exact) mass is 855 g/mol. The first-order valence-electron chi connectivity index (χ1n) is 23.3. The zero-order valence-corrected chi connectivity index (χ0v) is 41.7. The largest absolute Gasteiger partial charge is 0.208 e. The Balaban J connectivity index is 0.000000519. The quantitative estimate of drug-likeness (QED) is 0.166. The van der Waals surface area contributed by atoms with Crippen molar-refractivity contribution >= 4 is 0 Å². The second-order valence-electron chi connectivity index (χ2n) is 12.8. The standard InChI is InChI=1S/2C23H19N3.6C2H6/c2*1-16-8-12-19(13-9-16)22-24-21(18-6-4-3-5-7-18)25-23(26-22)20-14-10-17(2)11-15-20;6*1-2/h2*3-15H,1-2H3;6*1-2H3. The lowest BCUT2D eigenvalue weighted by molar-refractivity contribution is 1.07. The van der Waals surface area contributed by atoms with Crippen molar-refractivity contribution in [2.45, 2.75) is 111 Å². The molecule has 0 N–H and O–H groups in total. The lowest BCUT2D eigenvalue weighted by Gasteiger charge is -2.08. The third kappa shape index (κ3) is 17.2. The van der Waals surface area contributed by atoms with Crippen LogP contribution >= 0.6 is 0 Å².